The van der Waals surface area contributed by atoms with E-state index in [0.717, 1.165) is 5.56 Å². The molecule has 0 unspecified atom stereocenters. The fourth-order valence-electron chi connectivity index (χ4n) is 1.24. The Bertz CT molecular complexity index is 464. The van der Waals surface area contributed by atoms with Gasteiger partial charge in [0.2, 0.25) is 5.91 Å². The molecule has 3 N–H and O–H groups in total. The fourth-order valence-corrected chi connectivity index (χ4v) is 1.24. The van der Waals surface area contributed by atoms with Crippen molar-refractivity contribution in [2.45, 2.75) is 13.8 Å². The quantitative estimate of drug-likeness (QED) is 0.602. The molecule has 0 spiro atoms. The zero-order chi connectivity index (χ0) is 14.3. The van der Waals surface area contributed by atoms with Crippen LogP contribution in [0.4, 0.5) is 0 Å². The van der Waals surface area contributed by atoms with Crippen LogP contribution in [0.2, 0.25) is 0 Å². The van der Waals surface area contributed by atoms with E-state index < -0.39 is 5.91 Å². The van der Waals surface area contributed by atoms with Crippen molar-refractivity contribution in [2.24, 2.45) is 11.7 Å². The van der Waals surface area contributed by atoms with Crippen molar-refractivity contribution in [1.82, 2.24) is 5.48 Å². The second kappa shape index (κ2) is 7.33. The monoisotopic (exact) mass is 262 g/mol. The van der Waals surface area contributed by atoms with Gasteiger partial charge in [-0.15, -0.1) is 0 Å². The predicted octanol–water partition coefficient (Wildman–Crippen LogP) is 1.50. The van der Waals surface area contributed by atoms with Gasteiger partial charge >= 0.3 is 0 Å². The molecular weight excluding hydrogens is 244 g/mol. The number of hydroxylamine groups is 1. The lowest BCUT2D eigenvalue weighted by Gasteiger charge is -2.05. The van der Waals surface area contributed by atoms with Crippen LogP contribution in [0.1, 0.15) is 29.8 Å². The molecule has 102 valence electrons. The van der Waals surface area contributed by atoms with E-state index in [2.05, 4.69) is 5.48 Å². The van der Waals surface area contributed by atoms with Gasteiger partial charge in [-0.2, -0.15) is 0 Å². The topological polar surface area (TPSA) is 81.4 Å². The van der Waals surface area contributed by atoms with Crippen molar-refractivity contribution in [2.75, 3.05) is 6.61 Å². The molecule has 2 amide bonds. The number of carbonyl (C=O) groups excluding carboxylic acids is 2. The molecule has 0 saturated carbocycles. The molecule has 1 aromatic carbocycles. The van der Waals surface area contributed by atoms with Crippen molar-refractivity contribution in [3.05, 3.63) is 41.5 Å². The summed E-state index contributed by atoms with van der Waals surface area (Å²) in [6, 6.07) is 6.63. The first-order chi connectivity index (χ1) is 8.99. The number of carbonyl (C=O) groups is 2. The van der Waals surface area contributed by atoms with Crippen molar-refractivity contribution in [3.8, 4) is 0 Å². The van der Waals surface area contributed by atoms with Gasteiger partial charge in [0.25, 0.3) is 5.91 Å². The van der Waals surface area contributed by atoms with Gasteiger partial charge in [-0.05, 0) is 29.7 Å². The molecule has 5 heteroatoms. The zero-order valence-electron chi connectivity index (χ0n) is 11.1. The maximum Gasteiger partial charge on any atom is 0.267 e. The molecule has 0 bridgehead atoms. The Balaban J connectivity index is 2.47. The predicted molar refractivity (Wildman–Crippen MR) is 72.9 cm³/mol. The number of hydrogen-bond donors (Lipinski definition) is 2. The lowest BCUT2D eigenvalue weighted by Crippen LogP contribution is -2.23. The Labute approximate surface area is 112 Å². The summed E-state index contributed by atoms with van der Waals surface area (Å²) in [5, 5.41) is 0. The van der Waals surface area contributed by atoms with Crippen LogP contribution in [0.3, 0.4) is 0 Å². The molecule has 0 aliphatic carbocycles. The SMILES string of the molecule is CC(C)CONC(=O)/C=C/c1ccc(C(N)=O)cc1. The minimum atomic E-state index is -0.477. The van der Waals surface area contributed by atoms with Crippen LogP contribution in [-0.2, 0) is 9.63 Å². The summed E-state index contributed by atoms with van der Waals surface area (Å²) in [4.78, 5) is 27.2. The average Bonchev–Trinajstić information content (AvgIpc) is 2.36. The van der Waals surface area contributed by atoms with E-state index in [1.807, 2.05) is 13.8 Å². The molecule has 0 aliphatic rings. The van der Waals surface area contributed by atoms with Gasteiger partial charge in [-0.1, -0.05) is 26.0 Å². The van der Waals surface area contributed by atoms with Crippen LogP contribution in [0, 0.1) is 5.92 Å². The number of nitrogens with two attached hydrogens (primary N) is 1. The lowest BCUT2D eigenvalue weighted by molar-refractivity contribution is -0.129. The molecule has 1 aromatic rings. The summed E-state index contributed by atoms with van der Waals surface area (Å²) in [6.07, 6.45) is 2.98. The van der Waals surface area contributed by atoms with E-state index >= 15 is 0 Å². The van der Waals surface area contributed by atoms with E-state index in [9.17, 15) is 9.59 Å². The zero-order valence-corrected chi connectivity index (χ0v) is 11.1. The van der Waals surface area contributed by atoms with E-state index in [0.29, 0.717) is 18.1 Å². The third-order valence-corrected chi connectivity index (χ3v) is 2.21. The highest BCUT2D eigenvalue weighted by atomic mass is 16.6. The van der Waals surface area contributed by atoms with Crippen molar-refractivity contribution in [3.63, 3.8) is 0 Å². The van der Waals surface area contributed by atoms with Gasteiger partial charge in [0, 0.05) is 11.6 Å². The smallest absolute Gasteiger partial charge is 0.267 e. The number of primary amides is 1. The Hall–Kier alpha value is -2.14. The van der Waals surface area contributed by atoms with Crippen LogP contribution in [0.15, 0.2) is 30.3 Å². The van der Waals surface area contributed by atoms with Gasteiger partial charge in [0.05, 0.1) is 6.61 Å². The molecule has 0 atom stereocenters. The van der Waals surface area contributed by atoms with Gasteiger partial charge in [-0.3, -0.25) is 14.4 Å². The highest BCUT2D eigenvalue weighted by Crippen LogP contribution is 2.05. The Kier molecular flexibility index (Phi) is 5.75. The summed E-state index contributed by atoms with van der Waals surface area (Å²) < 4.78 is 0. The highest BCUT2D eigenvalue weighted by Gasteiger charge is 1.99. The van der Waals surface area contributed by atoms with Crippen LogP contribution >= 0.6 is 0 Å². The van der Waals surface area contributed by atoms with Crippen molar-refractivity contribution >= 4 is 17.9 Å². The highest BCUT2D eigenvalue weighted by molar-refractivity contribution is 5.93. The second-order valence-electron chi connectivity index (χ2n) is 4.49. The maximum atomic E-state index is 11.4. The Morgan fingerprint density at radius 3 is 2.47 bits per heavy atom. The van der Waals surface area contributed by atoms with Crippen LogP contribution in [0.25, 0.3) is 6.08 Å². The van der Waals surface area contributed by atoms with E-state index in [1.165, 1.54) is 6.08 Å². The second-order valence-corrected chi connectivity index (χ2v) is 4.49. The van der Waals surface area contributed by atoms with E-state index in [4.69, 9.17) is 10.6 Å². The van der Waals surface area contributed by atoms with Gasteiger partial charge in [0.1, 0.15) is 0 Å². The summed E-state index contributed by atoms with van der Waals surface area (Å²) in [7, 11) is 0. The van der Waals surface area contributed by atoms with Crippen molar-refractivity contribution < 1.29 is 14.4 Å². The van der Waals surface area contributed by atoms with Gasteiger partial charge in [-0.25, -0.2) is 5.48 Å². The fraction of sp³-hybridized carbons (Fsp3) is 0.286. The van der Waals surface area contributed by atoms with Crippen LogP contribution < -0.4 is 11.2 Å². The molecule has 0 aliphatic heterocycles. The third kappa shape index (κ3) is 5.83. The molecule has 0 heterocycles. The number of amides is 2. The van der Waals surface area contributed by atoms with Crippen LogP contribution in [0.5, 0.6) is 0 Å². The molecule has 5 nitrogen and oxygen atoms in total. The number of hydrogen-bond acceptors (Lipinski definition) is 3. The molecule has 0 radical (unpaired) electrons. The standard InChI is InChI=1S/C14H18N2O3/c1-10(2)9-19-16-13(17)8-5-11-3-6-12(7-4-11)14(15)18/h3-8,10H,9H2,1-2H3,(H2,15,18)(H,16,17)/b8-5+. The molecule has 19 heavy (non-hydrogen) atoms. The first kappa shape index (κ1) is 14.9. The van der Waals surface area contributed by atoms with Gasteiger partial charge in [0.15, 0.2) is 0 Å². The third-order valence-electron chi connectivity index (χ3n) is 2.21. The summed E-state index contributed by atoms with van der Waals surface area (Å²) in [6.45, 7) is 4.44. The number of nitrogens with one attached hydrogen (secondary N) is 1. The van der Waals surface area contributed by atoms with E-state index in [-0.39, 0.29) is 5.91 Å². The van der Waals surface area contributed by atoms with Gasteiger partial charge < -0.3 is 5.73 Å². The first-order valence-corrected chi connectivity index (χ1v) is 5.98. The average molecular weight is 262 g/mol. The van der Waals surface area contributed by atoms with Crippen LogP contribution in [-0.4, -0.2) is 18.4 Å². The summed E-state index contributed by atoms with van der Waals surface area (Å²) in [5.41, 5.74) is 8.67. The summed E-state index contributed by atoms with van der Waals surface area (Å²) in [5.74, 6) is -0.458. The Morgan fingerprint density at radius 2 is 1.95 bits per heavy atom. The van der Waals surface area contributed by atoms with Crippen molar-refractivity contribution in [1.29, 1.82) is 0 Å². The first-order valence-electron chi connectivity index (χ1n) is 5.98. The minimum absolute atomic E-state index is 0.334. The molecule has 0 fully saturated rings. The number of benzene rings is 1. The largest absolute Gasteiger partial charge is 0.366 e. The molecule has 1 rings (SSSR count). The normalized spacial score (nSPS) is 10.9. The molecule has 0 saturated heterocycles. The Morgan fingerprint density at radius 1 is 1.32 bits per heavy atom. The molecular formula is C14H18N2O3. The molecule has 0 aromatic heterocycles. The summed E-state index contributed by atoms with van der Waals surface area (Å²) >= 11 is 0. The maximum absolute atomic E-state index is 11.4. The van der Waals surface area contributed by atoms with E-state index in [1.54, 1.807) is 30.3 Å². The lowest BCUT2D eigenvalue weighted by atomic mass is 10.1. The minimum Gasteiger partial charge on any atom is -0.366 e. The number of rotatable bonds is 6.